The lowest BCUT2D eigenvalue weighted by atomic mass is 9.81. The second-order valence-electron chi connectivity index (χ2n) is 6.59. The summed E-state index contributed by atoms with van der Waals surface area (Å²) < 4.78 is 11.5. The number of rotatable bonds is 3. The zero-order chi connectivity index (χ0) is 12.5. The number of nitrogens with one attached hydrogen (secondary N) is 1. The summed E-state index contributed by atoms with van der Waals surface area (Å²) in [6, 6.07) is 0.538. The third-order valence-corrected chi connectivity index (χ3v) is 4.09. The molecule has 0 aromatic heterocycles. The van der Waals surface area contributed by atoms with Gasteiger partial charge in [-0.05, 0) is 25.2 Å². The van der Waals surface area contributed by atoms with E-state index in [1.807, 2.05) is 0 Å². The molecule has 3 nitrogen and oxygen atoms in total. The molecule has 0 radical (unpaired) electrons. The standard InChI is InChI=1S/C14H27NO2/c1-10-12(6-8-16-10)15-9-11-5-7-17-13(11)14(2,3)4/h10-13,15H,5-9H2,1-4H3/t10?,11-,12?,13+/m1/s1. The Labute approximate surface area is 105 Å². The normalized spacial score (nSPS) is 38.8. The van der Waals surface area contributed by atoms with Gasteiger partial charge >= 0.3 is 0 Å². The second-order valence-corrected chi connectivity index (χ2v) is 6.59. The summed E-state index contributed by atoms with van der Waals surface area (Å²) in [4.78, 5) is 0. The van der Waals surface area contributed by atoms with Gasteiger partial charge in [0.2, 0.25) is 0 Å². The van der Waals surface area contributed by atoms with Crippen molar-refractivity contribution in [3.05, 3.63) is 0 Å². The van der Waals surface area contributed by atoms with Crippen molar-refractivity contribution in [3.8, 4) is 0 Å². The SMILES string of the molecule is CC1OCCC1NC[C@H]1CCO[C@@H]1C(C)(C)C. The molecule has 2 aliphatic heterocycles. The van der Waals surface area contributed by atoms with Crippen molar-refractivity contribution in [1.29, 1.82) is 0 Å². The van der Waals surface area contributed by atoms with E-state index in [9.17, 15) is 0 Å². The Kier molecular flexibility index (Phi) is 4.11. The van der Waals surface area contributed by atoms with Crippen LogP contribution in [0.3, 0.4) is 0 Å². The molecule has 0 spiro atoms. The fourth-order valence-electron chi connectivity index (χ4n) is 3.10. The molecule has 100 valence electrons. The predicted molar refractivity (Wildman–Crippen MR) is 69.1 cm³/mol. The Morgan fingerprint density at radius 3 is 2.41 bits per heavy atom. The Morgan fingerprint density at radius 1 is 1.12 bits per heavy atom. The Balaban J connectivity index is 1.82. The molecule has 2 aliphatic rings. The van der Waals surface area contributed by atoms with Crippen LogP contribution in [0.4, 0.5) is 0 Å². The van der Waals surface area contributed by atoms with Crippen molar-refractivity contribution in [2.75, 3.05) is 19.8 Å². The smallest absolute Gasteiger partial charge is 0.0700 e. The largest absolute Gasteiger partial charge is 0.377 e. The van der Waals surface area contributed by atoms with Crippen LogP contribution in [0.5, 0.6) is 0 Å². The van der Waals surface area contributed by atoms with E-state index >= 15 is 0 Å². The summed E-state index contributed by atoms with van der Waals surface area (Å²) in [7, 11) is 0. The highest BCUT2D eigenvalue weighted by Crippen LogP contribution is 2.34. The van der Waals surface area contributed by atoms with Crippen LogP contribution in [0.2, 0.25) is 0 Å². The molecule has 17 heavy (non-hydrogen) atoms. The average molecular weight is 241 g/mol. The van der Waals surface area contributed by atoms with Gasteiger partial charge in [-0.25, -0.2) is 0 Å². The third kappa shape index (κ3) is 3.21. The first-order valence-electron chi connectivity index (χ1n) is 6.95. The summed E-state index contributed by atoms with van der Waals surface area (Å²) in [5, 5.41) is 3.67. The van der Waals surface area contributed by atoms with E-state index in [2.05, 4.69) is 33.0 Å². The topological polar surface area (TPSA) is 30.5 Å². The first kappa shape index (κ1) is 13.3. The first-order chi connectivity index (χ1) is 7.98. The third-order valence-electron chi connectivity index (χ3n) is 4.09. The van der Waals surface area contributed by atoms with Gasteiger partial charge in [0.15, 0.2) is 0 Å². The van der Waals surface area contributed by atoms with E-state index in [-0.39, 0.29) is 5.41 Å². The van der Waals surface area contributed by atoms with Crippen molar-refractivity contribution in [2.45, 2.75) is 58.8 Å². The monoisotopic (exact) mass is 241 g/mol. The maximum Gasteiger partial charge on any atom is 0.0700 e. The van der Waals surface area contributed by atoms with E-state index < -0.39 is 0 Å². The lowest BCUT2D eigenvalue weighted by molar-refractivity contribution is 0.00626. The van der Waals surface area contributed by atoms with E-state index in [0.717, 1.165) is 26.2 Å². The van der Waals surface area contributed by atoms with Crippen LogP contribution >= 0.6 is 0 Å². The fourth-order valence-corrected chi connectivity index (χ4v) is 3.10. The van der Waals surface area contributed by atoms with E-state index in [4.69, 9.17) is 9.47 Å². The van der Waals surface area contributed by atoms with Crippen LogP contribution in [0.1, 0.15) is 40.5 Å². The highest BCUT2D eigenvalue weighted by atomic mass is 16.5. The molecule has 0 saturated carbocycles. The van der Waals surface area contributed by atoms with Gasteiger partial charge in [-0.2, -0.15) is 0 Å². The van der Waals surface area contributed by atoms with Crippen molar-refractivity contribution in [2.24, 2.45) is 11.3 Å². The lowest BCUT2D eigenvalue weighted by Crippen LogP contribution is -2.42. The maximum absolute atomic E-state index is 5.90. The van der Waals surface area contributed by atoms with Gasteiger partial charge in [0.25, 0.3) is 0 Å². The Bertz CT molecular complexity index is 249. The van der Waals surface area contributed by atoms with Gasteiger partial charge < -0.3 is 14.8 Å². The van der Waals surface area contributed by atoms with Crippen LogP contribution in [-0.4, -0.2) is 38.0 Å². The second kappa shape index (κ2) is 5.25. The van der Waals surface area contributed by atoms with E-state index in [0.29, 0.717) is 24.2 Å². The van der Waals surface area contributed by atoms with Gasteiger partial charge in [0.1, 0.15) is 0 Å². The van der Waals surface area contributed by atoms with Crippen molar-refractivity contribution >= 4 is 0 Å². The summed E-state index contributed by atoms with van der Waals surface area (Å²) in [6.45, 7) is 11.9. The van der Waals surface area contributed by atoms with Crippen molar-refractivity contribution in [3.63, 3.8) is 0 Å². The van der Waals surface area contributed by atoms with Crippen LogP contribution in [0.15, 0.2) is 0 Å². The van der Waals surface area contributed by atoms with Crippen LogP contribution < -0.4 is 5.32 Å². The van der Waals surface area contributed by atoms with Gasteiger partial charge in [0.05, 0.1) is 12.2 Å². The number of ether oxygens (including phenoxy) is 2. The molecule has 2 unspecified atom stereocenters. The quantitative estimate of drug-likeness (QED) is 0.821. The van der Waals surface area contributed by atoms with Gasteiger partial charge in [-0.15, -0.1) is 0 Å². The molecule has 2 heterocycles. The van der Waals surface area contributed by atoms with Crippen LogP contribution in [-0.2, 0) is 9.47 Å². The summed E-state index contributed by atoms with van der Waals surface area (Å²) in [5.74, 6) is 0.655. The van der Waals surface area contributed by atoms with Crippen molar-refractivity contribution in [1.82, 2.24) is 5.32 Å². The molecule has 0 aliphatic carbocycles. The molecule has 4 atom stereocenters. The van der Waals surface area contributed by atoms with Gasteiger partial charge in [-0.1, -0.05) is 20.8 Å². The minimum absolute atomic E-state index is 0.251. The first-order valence-corrected chi connectivity index (χ1v) is 6.95. The molecule has 0 bridgehead atoms. The van der Waals surface area contributed by atoms with Gasteiger partial charge in [-0.3, -0.25) is 0 Å². The Hall–Kier alpha value is -0.120. The molecular formula is C14H27NO2. The lowest BCUT2D eigenvalue weighted by Gasteiger charge is -2.32. The fraction of sp³-hybridized carbons (Fsp3) is 1.00. The minimum Gasteiger partial charge on any atom is -0.377 e. The molecule has 0 amide bonds. The summed E-state index contributed by atoms with van der Waals surface area (Å²) in [6.07, 6.45) is 3.10. The number of hydrogen-bond acceptors (Lipinski definition) is 3. The van der Waals surface area contributed by atoms with Crippen LogP contribution in [0.25, 0.3) is 0 Å². The maximum atomic E-state index is 5.90. The zero-order valence-electron chi connectivity index (χ0n) is 11.7. The number of hydrogen-bond donors (Lipinski definition) is 1. The highest BCUT2D eigenvalue weighted by molar-refractivity contribution is 4.88. The Morgan fingerprint density at radius 2 is 1.82 bits per heavy atom. The molecule has 0 aromatic carbocycles. The molecule has 0 aromatic rings. The molecule has 1 N–H and O–H groups in total. The summed E-state index contributed by atoms with van der Waals surface area (Å²) in [5.41, 5.74) is 0.251. The zero-order valence-corrected chi connectivity index (χ0v) is 11.7. The molecule has 2 rings (SSSR count). The minimum atomic E-state index is 0.251. The predicted octanol–water partition coefficient (Wildman–Crippen LogP) is 2.20. The highest BCUT2D eigenvalue weighted by Gasteiger charge is 2.37. The van der Waals surface area contributed by atoms with Gasteiger partial charge in [0, 0.05) is 31.7 Å². The molecule has 3 heteroatoms. The summed E-state index contributed by atoms with van der Waals surface area (Å²) >= 11 is 0. The van der Waals surface area contributed by atoms with Crippen molar-refractivity contribution < 1.29 is 9.47 Å². The average Bonchev–Trinajstić information content (AvgIpc) is 2.82. The molecular weight excluding hydrogens is 214 g/mol. The van der Waals surface area contributed by atoms with E-state index in [1.165, 1.54) is 6.42 Å². The molecule has 2 saturated heterocycles. The van der Waals surface area contributed by atoms with Crippen LogP contribution in [0, 0.1) is 11.3 Å². The molecule has 2 fully saturated rings. The van der Waals surface area contributed by atoms with E-state index in [1.54, 1.807) is 0 Å².